The molecular weight excluding hydrogens is 124 g/mol. The molecule has 3 N–H and O–H groups in total. The van der Waals surface area contributed by atoms with Gasteiger partial charge in [-0.25, -0.2) is 0 Å². The van der Waals surface area contributed by atoms with Gasteiger partial charge in [0.1, 0.15) is 6.10 Å². The van der Waals surface area contributed by atoms with Crippen molar-refractivity contribution in [3.8, 4) is 0 Å². The van der Waals surface area contributed by atoms with Crippen LogP contribution < -0.4 is 0 Å². The SMILES string of the molecule is CC(O)C(O)CO[CH]O. The van der Waals surface area contributed by atoms with Gasteiger partial charge in [-0.3, -0.25) is 0 Å². The lowest BCUT2D eigenvalue weighted by Gasteiger charge is -2.11. The van der Waals surface area contributed by atoms with Crippen LogP contribution in [0.2, 0.25) is 0 Å². The van der Waals surface area contributed by atoms with Crippen molar-refractivity contribution >= 4 is 0 Å². The van der Waals surface area contributed by atoms with Gasteiger partial charge in [-0.2, -0.15) is 0 Å². The highest BCUT2D eigenvalue weighted by atomic mass is 16.6. The normalized spacial score (nSPS) is 17.3. The summed E-state index contributed by atoms with van der Waals surface area (Å²) in [5.41, 5.74) is 0. The molecule has 0 rings (SSSR count). The van der Waals surface area contributed by atoms with Crippen molar-refractivity contribution < 1.29 is 20.1 Å². The maximum atomic E-state index is 8.75. The van der Waals surface area contributed by atoms with Gasteiger partial charge < -0.3 is 20.1 Å². The van der Waals surface area contributed by atoms with Gasteiger partial charge in [-0.1, -0.05) is 0 Å². The molecule has 0 aliphatic heterocycles. The smallest absolute Gasteiger partial charge is 0.206 e. The Balaban J connectivity index is 3.16. The van der Waals surface area contributed by atoms with Gasteiger partial charge in [0.25, 0.3) is 0 Å². The summed E-state index contributed by atoms with van der Waals surface area (Å²) in [4.78, 5) is 0. The molecule has 4 nitrogen and oxygen atoms in total. The number of ether oxygens (including phenoxy) is 1. The standard InChI is InChI=1S/C5H11O4/c1-4(7)5(8)2-9-3-6/h3-8H,2H2,1H3. The van der Waals surface area contributed by atoms with Crippen LogP contribution in [0, 0.1) is 6.79 Å². The average Bonchev–Trinajstić information content (AvgIpc) is 1.82. The fourth-order valence-corrected chi connectivity index (χ4v) is 0.281. The maximum absolute atomic E-state index is 8.75. The zero-order chi connectivity index (χ0) is 7.28. The Morgan fingerprint density at radius 3 is 2.44 bits per heavy atom. The van der Waals surface area contributed by atoms with E-state index in [2.05, 4.69) is 4.74 Å². The molecule has 0 aliphatic carbocycles. The summed E-state index contributed by atoms with van der Waals surface area (Å²) >= 11 is 0. The predicted octanol–water partition coefficient (Wildman–Crippen LogP) is -0.764. The Kier molecular flexibility index (Phi) is 4.61. The van der Waals surface area contributed by atoms with Gasteiger partial charge in [0.15, 0.2) is 0 Å². The lowest BCUT2D eigenvalue weighted by Crippen LogP contribution is -2.27. The molecule has 0 aromatic rings. The molecule has 0 bridgehead atoms. The van der Waals surface area contributed by atoms with Crippen molar-refractivity contribution in [2.75, 3.05) is 6.61 Å². The molecule has 9 heavy (non-hydrogen) atoms. The van der Waals surface area contributed by atoms with Crippen LogP contribution in [0.15, 0.2) is 0 Å². The summed E-state index contributed by atoms with van der Waals surface area (Å²) in [5.74, 6) is 0. The predicted molar refractivity (Wildman–Crippen MR) is 29.9 cm³/mol. The number of aliphatic hydroxyl groups excluding tert-OH is 3. The molecule has 55 valence electrons. The highest BCUT2D eigenvalue weighted by Gasteiger charge is 2.09. The summed E-state index contributed by atoms with van der Waals surface area (Å²) in [5, 5.41) is 25.3. The van der Waals surface area contributed by atoms with Crippen molar-refractivity contribution in [1.29, 1.82) is 0 Å². The molecule has 4 heteroatoms. The van der Waals surface area contributed by atoms with Crippen molar-refractivity contribution in [2.45, 2.75) is 19.1 Å². The minimum absolute atomic E-state index is 0.0891. The first-order valence-electron chi connectivity index (χ1n) is 2.62. The highest BCUT2D eigenvalue weighted by molar-refractivity contribution is 4.59. The fraction of sp³-hybridized carbons (Fsp3) is 0.800. The maximum Gasteiger partial charge on any atom is 0.206 e. The Hall–Kier alpha value is -0.160. The summed E-state index contributed by atoms with van der Waals surface area (Å²) < 4.78 is 4.28. The first-order valence-corrected chi connectivity index (χ1v) is 2.62. The monoisotopic (exact) mass is 135 g/mol. The fourth-order valence-electron chi connectivity index (χ4n) is 0.281. The van der Waals surface area contributed by atoms with Crippen LogP contribution in [0.4, 0.5) is 0 Å². The second kappa shape index (κ2) is 4.69. The molecule has 0 aromatic heterocycles. The van der Waals surface area contributed by atoms with Crippen LogP contribution >= 0.6 is 0 Å². The van der Waals surface area contributed by atoms with E-state index < -0.39 is 12.2 Å². The van der Waals surface area contributed by atoms with E-state index in [9.17, 15) is 0 Å². The quantitative estimate of drug-likeness (QED) is 0.473. The summed E-state index contributed by atoms with van der Waals surface area (Å²) in [6, 6.07) is 0. The van der Waals surface area contributed by atoms with E-state index >= 15 is 0 Å². The third kappa shape index (κ3) is 4.35. The third-order valence-electron chi connectivity index (χ3n) is 0.898. The van der Waals surface area contributed by atoms with E-state index in [-0.39, 0.29) is 6.61 Å². The number of hydrogen-bond donors (Lipinski definition) is 3. The third-order valence-corrected chi connectivity index (χ3v) is 0.898. The zero-order valence-electron chi connectivity index (χ0n) is 5.19. The van der Waals surface area contributed by atoms with Crippen molar-refractivity contribution in [1.82, 2.24) is 0 Å². The van der Waals surface area contributed by atoms with Gasteiger partial charge in [0.2, 0.25) is 6.79 Å². The van der Waals surface area contributed by atoms with Crippen molar-refractivity contribution in [3.05, 3.63) is 6.79 Å². The molecular formula is C5H11O4. The molecule has 0 amide bonds. The molecule has 0 saturated carbocycles. The zero-order valence-corrected chi connectivity index (χ0v) is 5.19. The molecule has 0 spiro atoms. The van der Waals surface area contributed by atoms with Crippen LogP contribution in [0.1, 0.15) is 6.92 Å². The number of rotatable bonds is 4. The van der Waals surface area contributed by atoms with E-state index in [4.69, 9.17) is 15.3 Å². The van der Waals surface area contributed by atoms with E-state index in [1.807, 2.05) is 0 Å². The second-order valence-corrected chi connectivity index (χ2v) is 1.75. The van der Waals surface area contributed by atoms with E-state index in [0.717, 1.165) is 0 Å². The number of hydrogen-bond acceptors (Lipinski definition) is 4. The van der Waals surface area contributed by atoms with E-state index in [0.29, 0.717) is 6.79 Å². The summed E-state index contributed by atoms with van der Waals surface area (Å²) in [7, 11) is 0. The first-order chi connectivity index (χ1) is 4.18. The van der Waals surface area contributed by atoms with Crippen LogP contribution in [0.3, 0.4) is 0 Å². The molecule has 0 fully saturated rings. The van der Waals surface area contributed by atoms with E-state index in [1.165, 1.54) is 6.92 Å². The van der Waals surface area contributed by atoms with Crippen LogP contribution in [-0.4, -0.2) is 34.1 Å². The lowest BCUT2D eigenvalue weighted by atomic mass is 10.2. The minimum Gasteiger partial charge on any atom is -0.391 e. The molecule has 2 unspecified atom stereocenters. The molecule has 1 radical (unpaired) electrons. The van der Waals surface area contributed by atoms with Gasteiger partial charge in [0.05, 0.1) is 12.7 Å². The largest absolute Gasteiger partial charge is 0.391 e. The Bertz CT molecular complexity index is 64.0. The first kappa shape index (κ1) is 8.84. The van der Waals surface area contributed by atoms with Crippen LogP contribution in [-0.2, 0) is 4.74 Å². The molecule has 0 saturated heterocycles. The lowest BCUT2D eigenvalue weighted by molar-refractivity contribution is -0.0387. The summed E-state index contributed by atoms with van der Waals surface area (Å²) in [6.07, 6.45) is -1.77. The molecule has 2 atom stereocenters. The van der Waals surface area contributed by atoms with Crippen LogP contribution in [0.5, 0.6) is 0 Å². The highest BCUT2D eigenvalue weighted by Crippen LogP contribution is 1.92. The summed E-state index contributed by atoms with van der Waals surface area (Å²) in [6.45, 7) is 1.82. The van der Waals surface area contributed by atoms with Gasteiger partial charge >= 0.3 is 0 Å². The van der Waals surface area contributed by atoms with E-state index in [1.54, 1.807) is 0 Å². The number of aliphatic hydroxyl groups is 3. The minimum atomic E-state index is -0.937. The Labute approximate surface area is 53.7 Å². The molecule has 0 aromatic carbocycles. The second-order valence-electron chi connectivity index (χ2n) is 1.75. The van der Waals surface area contributed by atoms with Crippen LogP contribution in [0.25, 0.3) is 0 Å². The molecule has 0 heterocycles. The Morgan fingerprint density at radius 1 is 1.56 bits per heavy atom. The topological polar surface area (TPSA) is 69.9 Å². The Morgan fingerprint density at radius 2 is 2.11 bits per heavy atom. The van der Waals surface area contributed by atoms with Gasteiger partial charge in [-0.15, -0.1) is 0 Å². The van der Waals surface area contributed by atoms with Gasteiger partial charge in [0, 0.05) is 0 Å². The van der Waals surface area contributed by atoms with Crippen molar-refractivity contribution in [2.24, 2.45) is 0 Å². The van der Waals surface area contributed by atoms with Gasteiger partial charge in [-0.05, 0) is 6.92 Å². The van der Waals surface area contributed by atoms with Crippen molar-refractivity contribution in [3.63, 3.8) is 0 Å². The molecule has 0 aliphatic rings. The average molecular weight is 135 g/mol.